The summed E-state index contributed by atoms with van der Waals surface area (Å²) in [5, 5.41) is 3.42. The van der Waals surface area contributed by atoms with Crippen molar-refractivity contribution in [1.82, 2.24) is 10.2 Å². The first-order chi connectivity index (χ1) is 18.5. The van der Waals surface area contributed by atoms with Crippen LogP contribution < -0.4 is 9.62 Å². The minimum Gasteiger partial charge on any atom is -0.354 e. The Bertz CT molecular complexity index is 1390. The van der Waals surface area contributed by atoms with E-state index in [2.05, 4.69) is 5.32 Å². The molecule has 0 radical (unpaired) electrons. The van der Waals surface area contributed by atoms with Gasteiger partial charge in [-0.25, -0.2) is 12.8 Å². The second-order valence-corrected chi connectivity index (χ2v) is 11.7. The summed E-state index contributed by atoms with van der Waals surface area (Å²) >= 11 is 12.9. The average Bonchev–Trinajstić information content (AvgIpc) is 2.89. The zero-order valence-electron chi connectivity index (χ0n) is 21.6. The van der Waals surface area contributed by atoms with Crippen molar-refractivity contribution < 1.29 is 22.4 Å². The Morgan fingerprint density at radius 2 is 1.62 bits per heavy atom. The lowest BCUT2D eigenvalue weighted by atomic mass is 10.0. The highest BCUT2D eigenvalue weighted by Gasteiger charge is 2.33. The third-order valence-corrected chi connectivity index (χ3v) is 7.83. The van der Waals surface area contributed by atoms with Gasteiger partial charge in [-0.1, -0.05) is 72.6 Å². The lowest BCUT2D eigenvalue weighted by molar-refractivity contribution is -0.140. The largest absolute Gasteiger partial charge is 0.354 e. The maximum absolute atomic E-state index is 14.0. The van der Waals surface area contributed by atoms with Crippen molar-refractivity contribution in [3.05, 3.63) is 99.8 Å². The number of anilines is 1. The normalized spacial score (nSPS) is 12.0. The summed E-state index contributed by atoms with van der Waals surface area (Å²) in [7, 11) is -4.01. The van der Waals surface area contributed by atoms with Gasteiger partial charge < -0.3 is 10.2 Å². The summed E-state index contributed by atoms with van der Waals surface area (Å²) in [6.07, 6.45) is 1.76. The van der Waals surface area contributed by atoms with E-state index in [0.717, 1.165) is 22.2 Å². The van der Waals surface area contributed by atoms with Crippen molar-refractivity contribution in [3.63, 3.8) is 0 Å². The lowest BCUT2D eigenvalue weighted by Gasteiger charge is -2.34. The highest BCUT2D eigenvalue weighted by Crippen LogP contribution is 2.28. The highest BCUT2D eigenvalue weighted by atomic mass is 35.5. The number of nitrogens with zero attached hydrogens (tertiary/aromatic N) is 2. The topological polar surface area (TPSA) is 86.8 Å². The van der Waals surface area contributed by atoms with Crippen LogP contribution in [0.25, 0.3) is 0 Å². The third kappa shape index (κ3) is 8.42. The molecule has 0 aromatic heterocycles. The Hall–Kier alpha value is -3.14. The van der Waals surface area contributed by atoms with Crippen LogP contribution in [0.2, 0.25) is 10.0 Å². The van der Waals surface area contributed by atoms with Gasteiger partial charge in [0.2, 0.25) is 21.8 Å². The quantitative estimate of drug-likeness (QED) is 0.318. The number of hydrogen-bond donors (Lipinski definition) is 1. The molecule has 0 aliphatic rings. The number of rotatable bonds is 12. The van der Waals surface area contributed by atoms with Crippen LogP contribution >= 0.6 is 23.2 Å². The maximum atomic E-state index is 14.0. The predicted octanol–water partition coefficient (Wildman–Crippen LogP) is 5.06. The molecule has 39 heavy (non-hydrogen) atoms. The number of carbonyl (C=O) groups is 2. The second-order valence-electron chi connectivity index (χ2n) is 8.97. The van der Waals surface area contributed by atoms with Gasteiger partial charge in [0.25, 0.3) is 0 Å². The summed E-state index contributed by atoms with van der Waals surface area (Å²) < 4.78 is 40.2. The molecule has 3 aromatic carbocycles. The third-order valence-electron chi connectivity index (χ3n) is 5.99. The summed E-state index contributed by atoms with van der Waals surface area (Å²) in [4.78, 5) is 28.7. The van der Waals surface area contributed by atoms with Gasteiger partial charge in [0.15, 0.2) is 0 Å². The van der Waals surface area contributed by atoms with E-state index in [0.29, 0.717) is 18.5 Å². The molecule has 0 saturated carbocycles. The van der Waals surface area contributed by atoms with Crippen molar-refractivity contribution in [1.29, 1.82) is 0 Å². The Kier molecular flexibility index (Phi) is 10.7. The Morgan fingerprint density at radius 1 is 0.974 bits per heavy atom. The molecule has 0 spiro atoms. The van der Waals surface area contributed by atoms with Crippen LogP contribution in [0.4, 0.5) is 10.1 Å². The van der Waals surface area contributed by atoms with Crippen LogP contribution in [0.5, 0.6) is 0 Å². The number of amides is 2. The van der Waals surface area contributed by atoms with E-state index in [1.807, 2.05) is 37.3 Å². The Balaban J connectivity index is 2.09. The zero-order valence-corrected chi connectivity index (χ0v) is 23.9. The molecular formula is C28H30Cl2FN3O4S. The molecule has 1 atom stereocenters. The number of halogens is 3. The smallest absolute Gasteiger partial charge is 0.244 e. The molecule has 0 fully saturated rings. The monoisotopic (exact) mass is 593 g/mol. The first-order valence-corrected chi connectivity index (χ1v) is 14.9. The van der Waals surface area contributed by atoms with Gasteiger partial charge in [0.1, 0.15) is 18.4 Å². The number of hydrogen-bond acceptors (Lipinski definition) is 4. The summed E-state index contributed by atoms with van der Waals surface area (Å²) in [5.74, 6) is -1.75. The van der Waals surface area contributed by atoms with Crippen LogP contribution in [0.15, 0.2) is 72.8 Å². The Labute approximate surface area is 238 Å². The van der Waals surface area contributed by atoms with Gasteiger partial charge in [0, 0.05) is 35.1 Å². The number of sulfonamides is 1. The lowest BCUT2D eigenvalue weighted by Crippen LogP contribution is -2.53. The molecule has 7 nitrogen and oxygen atoms in total. The van der Waals surface area contributed by atoms with Gasteiger partial charge in [0.05, 0.1) is 11.9 Å². The number of benzene rings is 3. The van der Waals surface area contributed by atoms with E-state index in [1.54, 1.807) is 18.2 Å². The fourth-order valence-corrected chi connectivity index (χ4v) is 5.38. The van der Waals surface area contributed by atoms with Crippen LogP contribution in [0, 0.1) is 5.82 Å². The molecule has 208 valence electrons. The molecule has 0 aliphatic heterocycles. The molecule has 1 N–H and O–H groups in total. The summed E-state index contributed by atoms with van der Waals surface area (Å²) in [5.41, 5.74) is 1.19. The molecule has 0 bridgehead atoms. The van der Waals surface area contributed by atoms with Crippen LogP contribution in [-0.4, -0.2) is 50.5 Å². The molecular weight excluding hydrogens is 564 g/mol. The molecule has 3 aromatic rings. The van der Waals surface area contributed by atoms with Crippen LogP contribution in [0.1, 0.15) is 24.5 Å². The van der Waals surface area contributed by atoms with E-state index >= 15 is 0 Å². The minimum absolute atomic E-state index is 0.0170. The SMILES string of the molecule is CCCNC(=O)[C@H](Cc1ccccc1)N(Cc1c(Cl)cccc1Cl)C(=O)CN(c1cccc(F)c1)S(C)(=O)=O. The summed E-state index contributed by atoms with van der Waals surface area (Å²) in [6, 6.07) is 18.0. The first-order valence-electron chi connectivity index (χ1n) is 12.3. The second kappa shape index (κ2) is 13.8. The van der Waals surface area contributed by atoms with E-state index in [4.69, 9.17) is 23.2 Å². The number of carbonyl (C=O) groups excluding carboxylic acids is 2. The van der Waals surface area contributed by atoms with Crippen molar-refractivity contribution in [2.24, 2.45) is 0 Å². The molecule has 3 rings (SSSR count). The Morgan fingerprint density at radius 3 is 2.21 bits per heavy atom. The molecule has 0 saturated heterocycles. The van der Waals surface area contributed by atoms with Crippen molar-refractivity contribution >= 4 is 50.7 Å². The fourth-order valence-electron chi connectivity index (χ4n) is 4.02. The molecule has 2 amide bonds. The van der Waals surface area contributed by atoms with E-state index in [-0.39, 0.29) is 28.7 Å². The molecule has 11 heteroatoms. The zero-order chi connectivity index (χ0) is 28.6. The van der Waals surface area contributed by atoms with Gasteiger partial charge in [-0.15, -0.1) is 0 Å². The van der Waals surface area contributed by atoms with Crippen molar-refractivity contribution in [2.45, 2.75) is 32.4 Å². The average molecular weight is 595 g/mol. The highest BCUT2D eigenvalue weighted by molar-refractivity contribution is 7.92. The van der Waals surface area contributed by atoms with Crippen molar-refractivity contribution in [2.75, 3.05) is 23.7 Å². The van der Waals surface area contributed by atoms with E-state index in [9.17, 15) is 22.4 Å². The maximum Gasteiger partial charge on any atom is 0.244 e. The van der Waals surface area contributed by atoms with Crippen LogP contribution in [0.3, 0.4) is 0 Å². The predicted molar refractivity (Wildman–Crippen MR) is 153 cm³/mol. The van der Waals surface area contributed by atoms with Gasteiger partial charge in [-0.3, -0.25) is 13.9 Å². The van der Waals surface area contributed by atoms with E-state index in [1.165, 1.54) is 23.1 Å². The van der Waals surface area contributed by atoms with Crippen LogP contribution in [-0.2, 0) is 32.6 Å². The summed E-state index contributed by atoms with van der Waals surface area (Å²) in [6.45, 7) is 1.46. The standard InChI is InChI=1S/C28H30Cl2FN3O4S/c1-3-15-32-28(36)26(16-20-9-5-4-6-10-20)33(18-23-24(29)13-8-14-25(23)30)27(35)19-34(39(2,37)38)22-12-7-11-21(31)17-22/h4-14,17,26H,3,15-16,18-19H2,1-2H3,(H,32,36)/t26-/m0/s1. The first kappa shape index (κ1) is 30.4. The van der Waals surface area contributed by atoms with E-state index < -0.39 is 40.2 Å². The molecule has 0 heterocycles. The minimum atomic E-state index is -4.01. The fraction of sp³-hybridized carbons (Fsp3) is 0.286. The van der Waals surface area contributed by atoms with Gasteiger partial charge >= 0.3 is 0 Å². The molecule has 0 unspecified atom stereocenters. The number of nitrogens with one attached hydrogen (secondary N) is 1. The molecule has 0 aliphatic carbocycles. The van der Waals surface area contributed by atoms with Crippen molar-refractivity contribution in [3.8, 4) is 0 Å². The van der Waals surface area contributed by atoms with Gasteiger partial charge in [-0.2, -0.15) is 0 Å². The van der Waals surface area contributed by atoms with Gasteiger partial charge in [-0.05, 0) is 42.3 Å².